The second kappa shape index (κ2) is 18.1. The van der Waals surface area contributed by atoms with Gasteiger partial charge in [-0.05, 0) is 47.0 Å². The predicted octanol–water partition coefficient (Wildman–Crippen LogP) is 6.02. The number of rotatable bonds is 19. The normalized spacial score (nSPS) is 13.2. The molecule has 0 aliphatic heterocycles. The van der Waals surface area contributed by atoms with Crippen LogP contribution in [0.25, 0.3) is 0 Å². The largest absolute Gasteiger partial charge is 0.463 e. The van der Waals surface area contributed by atoms with Gasteiger partial charge in [-0.3, -0.25) is 0 Å². The molecular formula is C23H44O5. The molecule has 0 aliphatic rings. The molecule has 0 spiro atoms. The predicted molar refractivity (Wildman–Crippen MR) is 114 cm³/mol. The number of hydrogen-bond donors (Lipinski definition) is 0. The Balaban J connectivity index is 4.87. The van der Waals surface area contributed by atoms with Gasteiger partial charge in [-0.2, -0.15) is 0 Å². The lowest BCUT2D eigenvalue weighted by molar-refractivity contribution is -0.403. The molecule has 0 aliphatic carbocycles. The molecule has 0 aromatic heterocycles. The summed E-state index contributed by atoms with van der Waals surface area (Å²) in [6.45, 7) is 11.9. The molecule has 0 aromatic rings. The maximum Gasteiger partial charge on any atom is 0.330 e. The van der Waals surface area contributed by atoms with Gasteiger partial charge < -0.3 is 18.9 Å². The number of carbonyl (C=O) groups excluding carboxylic acids is 1. The third kappa shape index (κ3) is 11.8. The first kappa shape index (κ1) is 27.1. The van der Waals surface area contributed by atoms with Gasteiger partial charge in [-0.1, -0.05) is 51.5 Å². The first-order valence-electron chi connectivity index (χ1n) is 11.3. The standard InChI is InChI=1S/C23H44O5/c1-6-11-12-13-14-15-18-21(19-16-20-25-22(24)17-7-2)23(26-8-3,27-9-4)28-10-5/h7,17,21H,6,8-16,18-20H2,1-5H3. The maximum atomic E-state index is 11.5. The van der Waals surface area contributed by atoms with Crippen molar-refractivity contribution in [3.8, 4) is 0 Å². The molecule has 0 bridgehead atoms. The minimum absolute atomic E-state index is 0.110. The Morgan fingerprint density at radius 1 is 0.821 bits per heavy atom. The quantitative estimate of drug-likeness (QED) is 0.115. The first-order chi connectivity index (χ1) is 13.6. The molecule has 0 radical (unpaired) electrons. The lowest BCUT2D eigenvalue weighted by Gasteiger charge is -2.39. The zero-order valence-corrected chi connectivity index (χ0v) is 19.0. The molecule has 0 saturated carbocycles. The van der Waals surface area contributed by atoms with Crippen molar-refractivity contribution in [3.63, 3.8) is 0 Å². The lowest BCUT2D eigenvalue weighted by atomic mass is 9.93. The second-order valence-electron chi connectivity index (χ2n) is 6.97. The Hall–Kier alpha value is -0.910. The van der Waals surface area contributed by atoms with Gasteiger partial charge in [0.1, 0.15) is 0 Å². The molecule has 0 fully saturated rings. The molecule has 5 nitrogen and oxygen atoms in total. The summed E-state index contributed by atoms with van der Waals surface area (Å²) in [6.07, 6.45) is 13.2. The summed E-state index contributed by atoms with van der Waals surface area (Å²) in [4.78, 5) is 11.5. The van der Waals surface area contributed by atoms with E-state index in [-0.39, 0.29) is 11.9 Å². The van der Waals surface area contributed by atoms with Crippen LogP contribution in [0.1, 0.15) is 92.4 Å². The van der Waals surface area contributed by atoms with E-state index < -0.39 is 5.97 Å². The third-order valence-electron chi connectivity index (χ3n) is 4.69. The van der Waals surface area contributed by atoms with Crippen molar-refractivity contribution in [2.45, 2.75) is 98.4 Å². The van der Waals surface area contributed by atoms with Crippen molar-refractivity contribution in [2.24, 2.45) is 5.92 Å². The highest BCUT2D eigenvalue weighted by atomic mass is 16.9. The molecule has 0 rings (SSSR count). The average Bonchev–Trinajstić information content (AvgIpc) is 2.66. The number of carbonyl (C=O) groups is 1. The Labute approximate surface area is 173 Å². The zero-order valence-electron chi connectivity index (χ0n) is 19.0. The fourth-order valence-electron chi connectivity index (χ4n) is 3.44. The van der Waals surface area contributed by atoms with Crippen LogP contribution >= 0.6 is 0 Å². The summed E-state index contributed by atoms with van der Waals surface area (Å²) in [6, 6.07) is 0. The number of unbranched alkanes of at least 4 members (excludes halogenated alkanes) is 5. The van der Waals surface area contributed by atoms with Crippen molar-refractivity contribution in [1.29, 1.82) is 0 Å². The number of ether oxygens (including phenoxy) is 4. The molecule has 1 atom stereocenters. The van der Waals surface area contributed by atoms with Crippen molar-refractivity contribution >= 4 is 5.97 Å². The van der Waals surface area contributed by atoms with E-state index in [2.05, 4.69) is 6.92 Å². The van der Waals surface area contributed by atoms with Crippen LogP contribution in [0.2, 0.25) is 0 Å². The average molecular weight is 401 g/mol. The summed E-state index contributed by atoms with van der Waals surface area (Å²) >= 11 is 0. The van der Waals surface area contributed by atoms with Gasteiger partial charge in [0.15, 0.2) is 0 Å². The Kier molecular flexibility index (Phi) is 17.6. The van der Waals surface area contributed by atoms with Gasteiger partial charge >= 0.3 is 5.97 Å². The number of esters is 1. The minimum Gasteiger partial charge on any atom is -0.463 e. The fraction of sp³-hybridized carbons (Fsp3) is 0.870. The zero-order chi connectivity index (χ0) is 21.1. The van der Waals surface area contributed by atoms with E-state index in [1.807, 2.05) is 20.8 Å². The SMILES string of the molecule is CC=CC(=O)OCCCC(CCCCCCCC)C(OCC)(OCC)OCC. The molecule has 0 heterocycles. The van der Waals surface area contributed by atoms with Gasteiger partial charge in [0, 0.05) is 31.8 Å². The van der Waals surface area contributed by atoms with Gasteiger partial charge in [-0.15, -0.1) is 0 Å². The lowest BCUT2D eigenvalue weighted by Crippen LogP contribution is -2.47. The van der Waals surface area contributed by atoms with E-state index in [9.17, 15) is 4.79 Å². The molecule has 0 amide bonds. The van der Waals surface area contributed by atoms with E-state index in [4.69, 9.17) is 18.9 Å². The van der Waals surface area contributed by atoms with Crippen LogP contribution in [0, 0.1) is 5.92 Å². The van der Waals surface area contributed by atoms with Crippen molar-refractivity contribution in [3.05, 3.63) is 12.2 Å². The Morgan fingerprint density at radius 2 is 1.36 bits per heavy atom. The van der Waals surface area contributed by atoms with Crippen LogP contribution in [-0.4, -0.2) is 38.4 Å². The van der Waals surface area contributed by atoms with E-state index in [0.29, 0.717) is 26.4 Å². The van der Waals surface area contributed by atoms with E-state index in [0.717, 1.165) is 25.7 Å². The van der Waals surface area contributed by atoms with Crippen LogP contribution in [-0.2, 0) is 23.7 Å². The van der Waals surface area contributed by atoms with Crippen LogP contribution in [0.15, 0.2) is 12.2 Å². The fourth-order valence-corrected chi connectivity index (χ4v) is 3.44. The van der Waals surface area contributed by atoms with Gasteiger partial charge in [0.2, 0.25) is 0 Å². The summed E-state index contributed by atoms with van der Waals surface area (Å²) in [5, 5.41) is 0. The second-order valence-corrected chi connectivity index (χ2v) is 6.97. The highest BCUT2D eigenvalue weighted by Crippen LogP contribution is 2.34. The molecular weight excluding hydrogens is 356 g/mol. The van der Waals surface area contributed by atoms with Crippen LogP contribution in [0.5, 0.6) is 0 Å². The summed E-state index contributed by atoms with van der Waals surface area (Å²) in [7, 11) is 0. The maximum absolute atomic E-state index is 11.5. The van der Waals surface area contributed by atoms with E-state index in [1.54, 1.807) is 13.0 Å². The summed E-state index contributed by atoms with van der Waals surface area (Å²) in [5.41, 5.74) is 0. The third-order valence-corrected chi connectivity index (χ3v) is 4.69. The molecule has 28 heavy (non-hydrogen) atoms. The van der Waals surface area contributed by atoms with Crippen LogP contribution in [0.3, 0.4) is 0 Å². The Morgan fingerprint density at radius 3 is 1.89 bits per heavy atom. The first-order valence-corrected chi connectivity index (χ1v) is 11.3. The molecule has 1 unspecified atom stereocenters. The summed E-state index contributed by atoms with van der Waals surface area (Å²) < 4.78 is 23.3. The smallest absolute Gasteiger partial charge is 0.330 e. The highest BCUT2D eigenvalue weighted by molar-refractivity contribution is 5.81. The molecule has 166 valence electrons. The Bertz CT molecular complexity index is 377. The topological polar surface area (TPSA) is 54.0 Å². The van der Waals surface area contributed by atoms with Crippen molar-refractivity contribution in [2.75, 3.05) is 26.4 Å². The van der Waals surface area contributed by atoms with Crippen LogP contribution in [0.4, 0.5) is 0 Å². The van der Waals surface area contributed by atoms with E-state index >= 15 is 0 Å². The number of hydrogen-bond acceptors (Lipinski definition) is 5. The molecule has 5 heteroatoms. The minimum atomic E-state index is -1.00. The molecule has 0 saturated heterocycles. The van der Waals surface area contributed by atoms with Gasteiger partial charge in [0.25, 0.3) is 5.97 Å². The van der Waals surface area contributed by atoms with E-state index in [1.165, 1.54) is 38.2 Å². The molecule has 0 aromatic carbocycles. The number of allylic oxidation sites excluding steroid dienone is 1. The molecule has 0 N–H and O–H groups in total. The van der Waals surface area contributed by atoms with Crippen LogP contribution < -0.4 is 0 Å². The highest BCUT2D eigenvalue weighted by Gasteiger charge is 2.41. The van der Waals surface area contributed by atoms with Gasteiger partial charge in [-0.25, -0.2) is 4.79 Å². The van der Waals surface area contributed by atoms with Gasteiger partial charge in [0.05, 0.1) is 6.61 Å². The summed E-state index contributed by atoms with van der Waals surface area (Å²) in [5.74, 6) is -1.19. The monoisotopic (exact) mass is 400 g/mol. The van der Waals surface area contributed by atoms with Crippen molar-refractivity contribution < 1.29 is 23.7 Å². The van der Waals surface area contributed by atoms with Crippen molar-refractivity contribution in [1.82, 2.24) is 0 Å².